The molecule has 11 atom stereocenters. The number of piperidine rings is 2. The van der Waals surface area contributed by atoms with Crippen LogP contribution in [0.3, 0.4) is 0 Å². The highest BCUT2D eigenvalue weighted by molar-refractivity contribution is 5.94. The summed E-state index contributed by atoms with van der Waals surface area (Å²) in [6.07, 6.45) is 19.3. The third-order valence-corrected chi connectivity index (χ3v) is 15.8. The molecule has 250 valence electrons. The van der Waals surface area contributed by atoms with E-state index in [1.54, 1.807) is 0 Å². The van der Waals surface area contributed by atoms with Crippen LogP contribution in [-0.4, -0.2) is 78.1 Å². The van der Waals surface area contributed by atoms with E-state index in [2.05, 4.69) is 43.6 Å². The van der Waals surface area contributed by atoms with Crippen molar-refractivity contribution in [3.05, 3.63) is 11.6 Å². The molecule has 8 fully saturated rings. The zero-order valence-electron chi connectivity index (χ0n) is 28.6. The van der Waals surface area contributed by atoms with Crippen LogP contribution in [0, 0.1) is 57.2 Å². The molecule has 9 aliphatic rings. The van der Waals surface area contributed by atoms with Gasteiger partial charge in [0.25, 0.3) is 0 Å². The molecule has 3 heterocycles. The molecule has 6 nitrogen and oxygen atoms in total. The minimum absolute atomic E-state index is 0.116. The minimum atomic E-state index is -1.04. The van der Waals surface area contributed by atoms with E-state index in [0.29, 0.717) is 17.8 Å². The van der Waals surface area contributed by atoms with Gasteiger partial charge < -0.3 is 24.4 Å². The van der Waals surface area contributed by atoms with E-state index in [1.165, 1.54) is 83.8 Å². The molecule has 0 aromatic carbocycles. The molecule has 0 radical (unpaired) electrons. The molecule has 0 aromatic rings. The van der Waals surface area contributed by atoms with Gasteiger partial charge in [-0.05, 0) is 119 Å². The van der Waals surface area contributed by atoms with Crippen molar-refractivity contribution in [1.29, 1.82) is 0 Å². The van der Waals surface area contributed by atoms with Crippen molar-refractivity contribution < 1.29 is 19.4 Å². The van der Waals surface area contributed by atoms with Crippen LogP contribution in [0.5, 0.6) is 0 Å². The maximum atomic E-state index is 13.9. The van der Waals surface area contributed by atoms with E-state index in [9.17, 15) is 14.7 Å². The van der Waals surface area contributed by atoms with Gasteiger partial charge in [-0.1, -0.05) is 65.0 Å². The van der Waals surface area contributed by atoms with E-state index < -0.39 is 16.8 Å². The standard InChI is InChI=1S/C39H60N2O4/c1-5-6-10-27-19-29(22-40-17-13-28(14-18-40)41-15-8-7-9-16-41)45-34(27)37-21-30-26(4)11-12-31(30)36(24-42)23-38(37)33(37)20-32(25(2)3)39(36,38)35(43)44/h20,24-31,33-34H,5-19,21-23H2,1-4H3,(H,43,44)/t26-,27?,29?,30-,31-,33?,34?,36?,37?,38?,39?/m1/s1. The SMILES string of the molecule is CCCCC1CC(CN2CCC(N3CCCCC3)CC2)OC1C12C[C@@H]3[C@H](C)CC[C@H]3C3(C=O)CC14C2C=C(C(C)C)C34C(=O)O. The molecular formula is C39H60N2O4. The Hall–Kier alpha value is -1.24. The van der Waals surface area contributed by atoms with Gasteiger partial charge in [-0.3, -0.25) is 4.79 Å². The van der Waals surface area contributed by atoms with Crippen LogP contribution in [0.15, 0.2) is 11.6 Å². The fraction of sp³-hybridized carbons (Fsp3) is 0.897. The highest BCUT2D eigenvalue weighted by Crippen LogP contribution is 3.00. The van der Waals surface area contributed by atoms with Gasteiger partial charge in [-0.2, -0.15) is 0 Å². The van der Waals surface area contributed by atoms with Gasteiger partial charge in [0.1, 0.15) is 11.7 Å². The summed E-state index contributed by atoms with van der Waals surface area (Å²) in [6.45, 7) is 15.0. The molecule has 6 heteroatoms. The Morgan fingerprint density at radius 1 is 1.11 bits per heavy atom. The minimum Gasteiger partial charge on any atom is -0.481 e. The normalized spacial score (nSPS) is 49.3. The number of nitrogens with zero attached hydrogens (tertiary/aromatic N) is 2. The molecule has 8 unspecified atom stereocenters. The summed E-state index contributed by atoms with van der Waals surface area (Å²) >= 11 is 0. The Morgan fingerprint density at radius 2 is 1.87 bits per heavy atom. The molecule has 3 aliphatic heterocycles. The number of carboxylic acids is 1. The molecule has 0 aromatic heterocycles. The van der Waals surface area contributed by atoms with Crippen LogP contribution in [-0.2, 0) is 14.3 Å². The first-order valence-corrected chi connectivity index (χ1v) is 19.3. The number of hydrogen-bond acceptors (Lipinski definition) is 5. The van der Waals surface area contributed by atoms with E-state index >= 15 is 0 Å². The van der Waals surface area contributed by atoms with Crippen molar-refractivity contribution in [3.8, 4) is 0 Å². The number of aldehydes is 1. The molecule has 45 heavy (non-hydrogen) atoms. The first-order chi connectivity index (χ1) is 21.7. The number of ether oxygens (including phenoxy) is 1. The number of carboxylic acid groups (broad SMARTS) is 1. The summed E-state index contributed by atoms with van der Waals surface area (Å²) in [5.74, 6) is 1.31. The molecule has 0 amide bonds. The summed E-state index contributed by atoms with van der Waals surface area (Å²) in [4.78, 5) is 32.8. The maximum absolute atomic E-state index is 13.9. The molecule has 2 bridgehead atoms. The Kier molecular flexibility index (Phi) is 7.51. The van der Waals surface area contributed by atoms with E-state index in [1.807, 2.05) is 0 Å². The summed E-state index contributed by atoms with van der Waals surface area (Å²) in [6, 6.07) is 0.759. The van der Waals surface area contributed by atoms with E-state index in [-0.39, 0.29) is 40.8 Å². The lowest BCUT2D eigenvalue weighted by molar-refractivity contribution is -0.208. The monoisotopic (exact) mass is 620 g/mol. The molecular weight excluding hydrogens is 560 g/mol. The Balaban J connectivity index is 1.10. The predicted octanol–water partition coefficient (Wildman–Crippen LogP) is 6.83. The van der Waals surface area contributed by atoms with E-state index in [4.69, 9.17) is 4.74 Å². The quantitative estimate of drug-likeness (QED) is 0.213. The Morgan fingerprint density at radius 3 is 2.53 bits per heavy atom. The molecule has 6 aliphatic carbocycles. The van der Waals surface area contributed by atoms with Gasteiger partial charge >= 0.3 is 5.97 Å². The summed E-state index contributed by atoms with van der Waals surface area (Å²) < 4.78 is 7.41. The van der Waals surface area contributed by atoms with Crippen LogP contribution in [0.2, 0.25) is 0 Å². The summed E-state index contributed by atoms with van der Waals surface area (Å²) in [7, 11) is 0. The highest BCUT2D eigenvalue weighted by atomic mass is 16.5. The Labute approximate surface area is 272 Å². The van der Waals surface area contributed by atoms with Crippen molar-refractivity contribution >= 4 is 12.3 Å². The number of aliphatic carboxylic acids is 1. The average Bonchev–Trinajstić information content (AvgIpc) is 3.26. The van der Waals surface area contributed by atoms with Crippen LogP contribution >= 0.6 is 0 Å². The number of unbranched alkanes of at least 4 members (excludes halogenated alkanes) is 1. The van der Waals surface area contributed by atoms with Crippen molar-refractivity contribution in [1.82, 2.24) is 9.80 Å². The van der Waals surface area contributed by atoms with Crippen LogP contribution in [0.25, 0.3) is 0 Å². The second kappa shape index (κ2) is 10.9. The number of likely N-dealkylation sites (tertiary alicyclic amines) is 2. The van der Waals surface area contributed by atoms with Crippen molar-refractivity contribution in [2.45, 2.75) is 129 Å². The van der Waals surface area contributed by atoms with Gasteiger partial charge in [0.2, 0.25) is 0 Å². The fourth-order valence-corrected chi connectivity index (χ4v) is 14.2. The second-order valence-corrected chi connectivity index (χ2v) is 17.6. The van der Waals surface area contributed by atoms with Gasteiger partial charge in [-0.15, -0.1) is 0 Å². The zero-order chi connectivity index (χ0) is 31.4. The number of allylic oxidation sites excluding steroid dienone is 1. The number of carbonyl (C=O) groups excluding carboxylic acids is 1. The third kappa shape index (κ3) is 3.80. The van der Waals surface area contributed by atoms with Crippen molar-refractivity contribution in [3.63, 3.8) is 0 Å². The van der Waals surface area contributed by atoms with Crippen molar-refractivity contribution in [2.24, 2.45) is 57.2 Å². The van der Waals surface area contributed by atoms with Gasteiger partial charge in [0.05, 0.1) is 17.6 Å². The fourth-order valence-electron chi connectivity index (χ4n) is 14.2. The lowest BCUT2D eigenvalue weighted by Gasteiger charge is -2.64. The third-order valence-electron chi connectivity index (χ3n) is 15.8. The Bertz CT molecular complexity index is 1220. The lowest BCUT2D eigenvalue weighted by atomic mass is 9.35. The summed E-state index contributed by atoms with van der Waals surface area (Å²) in [5, 5.41) is 11.4. The predicted molar refractivity (Wildman–Crippen MR) is 176 cm³/mol. The van der Waals surface area contributed by atoms with E-state index in [0.717, 1.165) is 50.3 Å². The molecule has 9 rings (SSSR count). The molecule has 1 N–H and O–H groups in total. The van der Waals surface area contributed by atoms with Gasteiger partial charge in [0.15, 0.2) is 0 Å². The van der Waals surface area contributed by atoms with Crippen molar-refractivity contribution in [2.75, 3.05) is 32.7 Å². The smallest absolute Gasteiger partial charge is 0.315 e. The van der Waals surface area contributed by atoms with Crippen LogP contribution < -0.4 is 0 Å². The number of hydrogen-bond donors (Lipinski definition) is 1. The first kappa shape index (κ1) is 31.1. The molecule has 1 spiro atoms. The van der Waals surface area contributed by atoms with Gasteiger partial charge in [-0.25, -0.2) is 0 Å². The van der Waals surface area contributed by atoms with Crippen LogP contribution in [0.4, 0.5) is 0 Å². The number of rotatable bonds is 10. The topological polar surface area (TPSA) is 70.1 Å². The van der Waals surface area contributed by atoms with Crippen LogP contribution in [0.1, 0.15) is 111 Å². The maximum Gasteiger partial charge on any atom is 0.315 e. The average molecular weight is 621 g/mol. The second-order valence-electron chi connectivity index (χ2n) is 17.6. The zero-order valence-corrected chi connectivity index (χ0v) is 28.6. The lowest BCUT2D eigenvalue weighted by Crippen LogP contribution is -2.69. The molecule has 5 saturated carbocycles. The van der Waals surface area contributed by atoms with Gasteiger partial charge in [0, 0.05) is 23.4 Å². The largest absolute Gasteiger partial charge is 0.481 e. The highest BCUT2D eigenvalue weighted by Gasteiger charge is 3.01. The molecule has 3 saturated heterocycles. The summed E-state index contributed by atoms with van der Waals surface area (Å²) in [5.41, 5.74) is -1.20. The number of carbonyl (C=O) groups is 2. The first-order valence-electron chi connectivity index (χ1n) is 19.3.